The van der Waals surface area contributed by atoms with E-state index in [1.165, 1.54) is 11.8 Å². The lowest BCUT2D eigenvalue weighted by atomic mass is 10.2. The first kappa shape index (κ1) is 22.9. The monoisotopic (exact) mass is 440 g/mol. The van der Waals surface area contributed by atoms with Gasteiger partial charge in [-0.15, -0.1) is 11.8 Å². The second kappa shape index (κ2) is 9.56. The molecule has 31 heavy (non-hydrogen) atoms. The zero-order valence-electron chi connectivity index (χ0n) is 18.5. The van der Waals surface area contributed by atoms with E-state index in [2.05, 4.69) is 4.98 Å². The van der Waals surface area contributed by atoms with Crippen molar-refractivity contribution >= 4 is 28.6 Å². The number of ether oxygens (including phenoxy) is 2. The summed E-state index contributed by atoms with van der Waals surface area (Å²) in [6, 6.07) is 14.8. The molecule has 0 saturated heterocycles. The molecule has 7 heteroatoms. The van der Waals surface area contributed by atoms with Crippen molar-refractivity contribution in [1.82, 2.24) is 9.55 Å². The molecule has 3 aromatic rings. The van der Waals surface area contributed by atoms with Gasteiger partial charge in [-0.05, 0) is 64.1 Å². The Hall–Kier alpha value is -2.80. The number of aryl methyl sites for hydroxylation is 1. The van der Waals surface area contributed by atoms with Crippen LogP contribution in [0.15, 0.2) is 58.2 Å². The number of hydrogen-bond donors (Lipinski definition) is 0. The minimum absolute atomic E-state index is 0.113. The highest BCUT2D eigenvalue weighted by atomic mass is 32.2. The fraction of sp³-hybridized carbons (Fsp3) is 0.375. The van der Waals surface area contributed by atoms with E-state index in [4.69, 9.17) is 9.47 Å². The van der Waals surface area contributed by atoms with Crippen molar-refractivity contribution in [1.29, 1.82) is 0 Å². The van der Waals surface area contributed by atoms with Crippen LogP contribution in [-0.2, 0) is 16.0 Å². The molecule has 0 spiro atoms. The molecule has 164 valence electrons. The molecule has 1 unspecified atom stereocenters. The van der Waals surface area contributed by atoms with E-state index in [-0.39, 0.29) is 11.5 Å². The predicted molar refractivity (Wildman–Crippen MR) is 124 cm³/mol. The van der Waals surface area contributed by atoms with Gasteiger partial charge in [0.25, 0.3) is 5.56 Å². The summed E-state index contributed by atoms with van der Waals surface area (Å²) in [6.07, 6.45) is 0.0979. The minimum atomic E-state index is -0.689. The van der Waals surface area contributed by atoms with Crippen LogP contribution in [0.4, 0.5) is 0 Å². The van der Waals surface area contributed by atoms with Gasteiger partial charge in [0, 0.05) is 11.3 Å². The molecular weight excluding hydrogens is 412 g/mol. The lowest BCUT2D eigenvalue weighted by molar-refractivity contribution is -0.145. The molecule has 0 fully saturated rings. The molecule has 1 heterocycles. The van der Waals surface area contributed by atoms with Gasteiger partial charge in [0.15, 0.2) is 6.23 Å². The molecule has 1 atom stereocenters. The molecule has 0 saturated carbocycles. The van der Waals surface area contributed by atoms with Crippen molar-refractivity contribution in [2.75, 3.05) is 6.61 Å². The second-order valence-corrected chi connectivity index (χ2v) is 9.29. The predicted octanol–water partition coefficient (Wildman–Crippen LogP) is 4.99. The fourth-order valence-corrected chi connectivity index (χ4v) is 4.30. The molecule has 0 bridgehead atoms. The number of thioether (sulfide) groups is 1. The van der Waals surface area contributed by atoms with Crippen LogP contribution >= 0.6 is 11.8 Å². The Labute approximate surface area is 186 Å². The number of esters is 1. The van der Waals surface area contributed by atoms with Crippen molar-refractivity contribution in [3.05, 3.63) is 64.7 Å². The molecule has 0 radical (unpaired) electrons. The number of carbonyl (C=O) groups is 1. The molecule has 0 aliphatic heterocycles. The van der Waals surface area contributed by atoms with Crippen LogP contribution in [-0.4, -0.2) is 26.9 Å². The van der Waals surface area contributed by atoms with E-state index in [1.54, 1.807) is 17.6 Å². The number of benzene rings is 2. The maximum atomic E-state index is 13.1. The maximum Gasteiger partial charge on any atom is 0.321 e. The zero-order valence-corrected chi connectivity index (χ0v) is 19.4. The molecule has 0 aliphatic rings. The Balaban J connectivity index is 1.80. The third kappa shape index (κ3) is 5.10. The normalized spacial score (nSPS) is 12.5. The van der Waals surface area contributed by atoms with Gasteiger partial charge in [0.1, 0.15) is 16.3 Å². The van der Waals surface area contributed by atoms with E-state index in [0.717, 1.165) is 4.90 Å². The van der Waals surface area contributed by atoms with Crippen LogP contribution in [0.5, 0.6) is 5.75 Å². The molecule has 6 nitrogen and oxygen atoms in total. The highest BCUT2D eigenvalue weighted by Crippen LogP contribution is 2.34. The molecule has 0 aliphatic carbocycles. The van der Waals surface area contributed by atoms with Gasteiger partial charge >= 0.3 is 5.97 Å². The Morgan fingerprint density at radius 2 is 1.81 bits per heavy atom. The SMILES string of the molecule is CCOC(=O)C(C)(C)Sc1ccc(OC(C)n2c(CC)nc3ccccc3c2=O)cc1. The first-order valence-corrected chi connectivity index (χ1v) is 11.2. The average Bonchev–Trinajstić information content (AvgIpc) is 2.74. The van der Waals surface area contributed by atoms with Crippen LogP contribution < -0.4 is 10.3 Å². The van der Waals surface area contributed by atoms with Gasteiger partial charge in [-0.2, -0.15) is 0 Å². The van der Waals surface area contributed by atoms with Crippen LogP contribution in [0, 0.1) is 0 Å². The highest BCUT2D eigenvalue weighted by molar-refractivity contribution is 8.01. The summed E-state index contributed by atoms with van der Waals surface area (Å²) in [5, 5.41) is 0.572. The van der Waals surface area contributed by atoms with Crippen LogP contribution in [0.3, 0.4) is 0 Å². The number of rotatable bonds is 8. The second-order valence-electron chi connectivity index (χ2n) is 7.60. The molecule has 1 aromatic heterocycles. The van der Waals surface area contributed by atoms with E-state index < -0.39 is 11.0 Å². The molecule has 3 rings (SSSR count). The summed E-state index contributed by atoms with van der Waals surface area (Å²) in [5.74, 6) is 1.07. The summed E-state index contributed by atoms with van der Waals surface area (Å²) in [5.41, 5.74) is 0.580. The van der Waals surface area contributed by atoms with Crippen molar-refractivity contribution in [3.8, 4) is 5.75 Å². The number of hydrogen-bond acceptors (Lipinski definition) is 6. The Morgan fingerprint density at radius 1 is 1.13 bits per heavy atom. The third-order valence-corrected chi connectivity index (χ3v) is 6.02. The Bertz CT molecular complexity index is 1120. The summed E-state index contributed by atoms with van der Waals surface area (Å²) in [6.45, 7) is 9.64. The number of nitrogens with zero attached hydrogens (tertiary/aromatic N) is 2. The summed E-state index contributed by atoms with van der Waals surface area (Å²) in [4.78, 5) is 30.7. The third-order valence-electron chi connectivity index (χ3n) is 4.83. The highest BCUT2D eigenvalue weighted by Gasteiger charge is 2.30. The lowest BCUT2D eigenvalue weighted by Crippen LogP contribution is -2.30. The minimum Gasteiger partial charge on any atom is -0.470 e. The summed E-state index contributed by atoms with van der Waals surface area (Å²) in [7, 11) is 0. The van der Waals surface area contributed by atoms with E-state index in [0.29, 0.717) is 35.5 Å². The number of fused-ring (bicyclic) bond motifs is 1. The topological polar surface area (TPSA) is 70.4 Å². The lowest BCUT2D eigenvalue weighted by Gasteiger charge is -2.22. The Kier molecular flexibility index (Phi) is 7.05. The smallest absolute Gasteiger partial charge is 0.321 e. The van der Waals surface area contributed by atoms with Gasteiger partial charge in [-0.25, -0.2) is 4.98 Å². The van der Waals surface area contributed by atoms with Gasteiger partial charge in [0.05, 0.1) is 17.5 Å². The molecule has 0 N–H and O–H groups in total. The standard InChI is InChI=1S/C24H28N2O4S/c1-6-21-25-20-11-9-8-10-19(20)22(27)26(21)16(3)30-17-12-14-18(15-13-17)31-24(4,5)23(28)29-7-2/h8-16H,6-7H2,1-5H3. The van der Waals surface area contributed by atoms with Gasteiger partial charge < -0.3 is 9.47 Å². The number of para-hydroxylation sites is 1. The number of aromatic nitrogens is 2. The molecule has 2 aromatic carbocycles. The van der Waals surface area contributed by atoms with Crippen molar-refractivity contribution in [3.63, 3.8) is 0 Å². The van der Waals surface area contributed by atoms with Crippen molar-refractivity contribution < 1.29 is 14.3 Å². The quantitative estimate of drug-likeness (QED) is 0.363. The Morgan fingerprint density at radius 3 is 2.45 bits per heavy atom. The van der Waals surface area contributed by atoms with Crippen LogP contribution in [0.25, 0.3) is 10.9 Å². The summed E-state index contributed by atoms with van der Waals surface area (Å²) < 4.78 is 12.1. The average molecular weight is 441 g/mol. The van der Waals surface area contributed by atoms with Crippen molar-refractivity contribution in [2.24, 2.45) is 0 Å². The largest absolute Gasteiger partial charge is 0.470 e. The first-order valence-electron chi connectivity index (χ1n) is 10.4. The van der Waals surface area contributed by atoms with Crippen molar-refractivity contribution in [2.45, 2.75) is 56.9 Å². The molecular formula is C24H28N2O4S. The fourth-order valence-electron chi connectivity index (χ4n) is 3.29. The van der Waals surface area contributed by atoms with Crippen LogP contribution in [0.1, 0.15) is 46.7 Å². The van der Waals surface area contributed by atoms with E-state index >= 15 is 0 Å². The summed E-state index contributed by atoms with van der Waals surface area (Å²) >= 11 is 1.43. The van der Waals surface area contributed by atoms with Gasteiger partial charge in [-0.3, -0.25) is 14.2 Å². The maximum absolute atomic E-state index is 13.1. The van der Waals surface area contributed by atoms with E-state index in [9.17, 15) is 9.59 Å². The molecule has 0 amide bonds. The first-order chi connectivity index (χ1) is 14.8. The van der Waals surface area contributed by atoms with Gasteiger partial charge in [0.2, 0.25) is 0 Å². The van der Waals surface area contributed by atoms with Gasteiger partial charge in [-0.1, -0.05) is 19.1 Å². The zero-order chi connectivity index (χ0) is 22.6. The van der Waals surface area contributed by atoms with Crippen LogP contribution in [0.2, 0.25) is 0 Å². The number of carbonyl (C=O) groups excluding carboxylic acids is 1. The van der Waals surface area contributed by atoms with E-state index in [1.807, 2.05) is 70.2 Å².